The molecule has 21 heavy (non-hydrogen) atoms. The van der Waals surface area contributed by atoms with E-state index < -0.39 is 27.0 Å². The maximum atomic E-state index is 12.2. The zero-order valence-corrected chi connectivity index (χ0v) is 13.8. The third-order valence-corrected chi connectivity index (χ3v) is 5.48. The Labute approximate surface area is 132 Å². The van der Waals surface area contributed by atoms with Crippen LogP contribution in [0, 0.1) is 0 Å². The second-order valence-corrected chi connectivity index (χ2v) is 7.74. The van der Waals surface area contributed by atoms with Gasteiger partial charge in [0.1, 0.15) is 4.90 Å². The minimum absolute atomic E-state index is 0.00441. The van der Waals surface area contributed by atoms with Gasteiger partial charge in [-0.1, -0.05) is 23.2 Å². The van der Waals surface area contributed by atoms with Gasteiger partial charge in [-0.05, 0) is 12.1 Å². The lowest BCUT2D eigenvalue weighted by Gasteiger charge is -2.18. The van der Waals surface area contributed by atoms with E-state index in [0.29, 0.717) is 0 Å². The van der Waals surface area contributed by atoms with Crippen molar-refractivity contribution in [3.8, 4) is 0 Å². The van der Waals surface area contributed by atoms with Gasteiger partial charge in [-0.25, -0.2) is 16.8 Å². The second-order valence-electron chi connectivity index (χ2n) is 3.86. The van der Waals surface area contributed by atoms with E-state index in [2.05, 4.69) is 4.18 Å². The average molecular weight is 378 g/mol. The number of nitrogens with two attached hydrogens (primary N) is 1. The van der Waals surface area contributed by atoms with Crippen LogP contribution in [0.2, 0.25) is 10.0 Å². The van der Waals surface area contributed by atoms with Gasteiger partial charge in [0.15, 0.2) is 0 Å². The van der Waals surface area contributed by atoms with Gasteiger partial charge in [0.2, 0.25) is 20.4 Å². The zero-order chi connectivity index (χ0) is 16.4. The highest BCUT2D eigenvalue weighted by molar-refractivity contribution is 7.89. The van der Waals surface area contributed by atoms with Crippen LogP contribution in [0.3, 0.4) is 0 Å². The quantitative estimate of drug-likeness (QED) is 0.437. The highest BCUT2D eigenvalue weighted by Gasteiger charge is 2.24. The van der Waals surface area contributed by atoms with Gasteiger partial charge in [-0.3, -0.25) is 4.18 Å². The molecule has 0 amide bonds. The molecule has 0 spiro atoms. The van der Waals surface area contributed by atoms with Gasteiger partial charge >= 0.3 is 0 Å². The second kappa shape index (κ2) is 6.65. The molecule has 0 radical (unpaired) electrons. The maximum absolute atomic E-state index is 12.2. The smallest absolute Gasteiger partial charge is 0.244 e. The van der Waals surface area contributed by atoms with Gasteiger partial charge < -0.3 is 10.3 Å². The lowest BCUT2D eigenvalue weighted by atomic mass is 10.3. The monoisotopic (exact) mass is 377 g/mol. The number of likely N-dealkylation sites (N-methyl/N-ethyl adjacent to an activating group) is 1. The third-order valence-electron chi connectivity index (χ3n) is 2.37. The minimum Gasteiger partial charge on any atom is -0.726 e. The number of rotatable bonds is 6. The van der Waals surface area contributed by atoms with Crippen LogP contribution in [0.5, 0.6) is 0 Å². The number of halogens is 2. The minimum atomic E-state index is -4.89. The van der Waals surface area contributed by atoms with Crippen LogP contribution in [0.4, 0.5) is 5.69 Å². The number of nitrogens with zero attached hydrogens (tertiary/aromatic N) is 1. The highest BCUT2D eigenvalue weighted by Crippen LogP contribution is 2.31. The molecular formula is C9H11Cl2N2O6S2-. The van der Waals surface area contributed by atoms with Crippen molar-refractivity contribution in [2.75, 3.05) is 25.9 Å². The van der Waals surface area contributed by atoms with Crippen molar-refractivity contribution in [2.45, 2.75) is 4.90 Å². The number of benzene rings is 1. The first-order valence-corrected chi connectivity index (χ1v) is 8.79. The van der Waals surface area contributed by atoms with Gasteiger partial charge in [0.05, 0.1) is 22.3 Å². The molecule has 0 atom stereocenters. The Bertz CT molecular complexity index is 735. The first-order chi connectivity index (χ1) is 9.45. The zero-order valence-electron chi connectivity index (χ0n) is 10.6. The van der Waals surface area contributed by atoms with E-state index >= 15 is 0 Å². The summed E-state index contributed by atoms with van der Waals surface area (Å²) in [5.41, 5.74) is 5.61. The molecule has 0 fully saturated rings. The van der Waals surface area contributed by atoms with Crippen molar-refractivity contribution in [1.82, 2.24) is 4.31 Å². The SMILES string of the molecule is CN(CCOS(=O)(=O)[O-])S(=O)(=O)c1cc(Cl)c(N)cc1Cl. The molecule has 0 heterocycles. The molecule has 0 aliphatic rings. The lowest BCUT2D eigenvalue weighted by molar-refractivity contribution is 0.246. The summed E-state index contributed by atoms with van der Waals surface area (Å²) in [6.45, 7) is -0.996. The Balaban J connectivity index is 2.98. The molecule has 1 rings (SSSR count). The number of sulfonamides is 1. The van der Waals surface area contributed by atoms with Crippen LogP contribution in [0.15, 0.2) is 17.0 Å². The molecule has 12 heteroatoms. The van der Waals surface area contributed by atoms with Crippen LogP contribution in [-0.4, -0.2) is 45.9 Å². The summed E-state index contributed by atoms with van der Waals surface area (Å²) >= 11 is 11.6. The van der Waals surface area contributed by atoms with E-state index in [1.54, 1.807) is 0 Å². The summed E-state index contributed by atoms with van der Waals surface area (Å²) in [5.74, 6) is 0. The first-order valence-electron chi connectivity index (χ1n) is 5.26. The summed E-state index contributed by atoms with van der Waals surface area (Å²) in [5, 5.41) is -0.133. The largest absolute Gasteiger partial charge is 0.726 e. The van der Waals surface area contributed by atoms with E-state index in [4.69, 9.17) is 28.9 Å². The van der Waals surface area contributed by atoms with Crippen LogP contribution >= 0.6 is 23.2 Å². The Hall–Kier alpha value is -0.620. The van der Waals surface area contributed by atoms with Crippen LogP contribution in [0.25, 0.3) is 0 Å². The fourth-order valence-electron chi connectivity index (χ4n) is 1.30. The van der Waals surface area contributed by atoms with Crippen molar-refractivity contribution >= 4 is 49.3 Å². The molecule has 2 N–H and O–H groups in total. The number of anilines is 1. The topological polar surface area (TPSA) is 130 Å². The normalized spacial score (nSPS) is 12.8. The fourth-order valence-corrected chi connectivity index (χ4v) is 3.49. The van der Waals surface area contributed by atoms with Crippen molar-refractivity contribution in [3.63, 3.8) is 0 Å². The molecule has 0 bridgehead atoms. The predicted molar refractivity (Wildman–Crippen MR) is 76.3 cm³/mol. The number of hydrogen-bond acceptors (Lipinski definition) is 7. The number of nitrogen functional groups attached to an aromatic ring is 1. The Morgan fingerprint density at radius 3 is 2.33 bits per heavy atom. The number of hydrogen-bond donors (Lipinski definition) is 1. The maximum Gasteiger partial charge on any atom is 0.244 e. The van der Waals surface area contributed by atoms with Crippen molar-refractivity contribution in [3.05, 3.63) is 22.2 Å². The van der Waals surface area contributed by atoms with Crippen molar-refractivity contribution in [2.24, 2.45) is 0 Å². The Kier molecular flexibility index (Phi) is 5.83. The van der Waals surface area contributed by atoms with Gasteiger partial charge in [-0.15, -0.1) is 0 Å². The molecule has 0 unspecified atom stereocenters. The van der Waals surface area contributed by atoms with Crippen LogP contribution < -0.4 is 5.73 Å². The van der Waals surface area contributed by atoms with E-state index in [-0.39, 0.29) is 27.2 Å². The summed E-state index contributed by atoms with van der Waals surface area (Å²) in [6.07, 6.45) is 0. The third kappa shape index (κ3) is 4.95. The van der Waals surface area contributed by atoms with E-state index in [1.807, 2.05) is 0 Å². The van der Waals surface area contributed by atoms with Gasteiger partial charge in [0.25, 0.3) is 0 Å². The van der Waals surface area contributed by atoms with Crippen molar-refractivity contribution < 1.29 is 25.6 Å². The fraction of sp³-hybridized carbons (Fsp3) is 0.333. The molecule has 0 aliphatic heterocycles. The van der Waals surface area contributed by atoms with Crippen LogP contribution in [0.1, 0.15) is 0 Å². The highest BCUT2D eigenvalue weighted by atomic mass is 35.5. The summed E-state index contributed by atoms with van der Waals surface area (Å²) in [7, 11) is -7.76. The molecule has 0 aromatic heterocycles. The average Bonchev–Trinajstić information content (AvgIpc) is 2.31. The van der Waals surface area contributed by atoms with Gasteiger partial charge in [-0.2, -0.15) is 4.31 Å². The van der Waals surface area contributed by atoms with Crippen LogP contribution in [-0.2, 0) is 24.6 Å². The van der Waals surface area contributed by atoms with E-state index in [1.165, 1.54) is 6.07 Å². The molecule has 8 nitrogen and oxygen atoms in total. The molecule has 0 saturated carbocycles. The summed E-state index contributed by atoms with van der Waals surface area (Å²) < 4.78 is 60.0. The lowest BCUT2D eigenvalue weighted by Crippen LogP contribution is -2.31. The molecule has 1 aromatic carbocycles. The molecule has 0 aliphatic carbocycles. The van der Waals surface area contributed by atoms with Crippen molar-refractivity contribution in [1.29, 1.82) is 0 Å². The first kappa shape index (κ1) is 18.4. The molecule has 120 valence electrons. The van der Waals surface area contributed by atoms with Gasteiger partial charge in [0, 0.05) is 13.6 Å². The predicted octanol–water partition coefficient (Wildman–Crippen LogP) is 0.673. The molecular weight excluding hydrogens is 367 g/mol. The summed E-state index contributed by atoms with van der Waals surface area (Å²) in [6, 6.07) is 2.26. The van der Waals surface area contributed by atoms with E-state index in [0.717, 1.165) is 17.4 Å². The molecule has 0 saturated heterocycles. The van der Waals surface area contributed by atoms with E-state index in [9.17, 15) is 21.4 Å². The Morgan fingerprint density at radius 1 is 1.24 bits per heavy atom. The Morgan fingerprint density at radius 2 is 1.81 bits per heavy atom. The molecule has 1 aromatic rings. The standard InChI is InChI=1S/C9H12Cl2N2O6S2/c1-13(2-3-19-21(16,17)18)20(14,15)9-5-6(10)8(12)4-7(9)11/h4-5H,2-3,12H2,1H3,(H,16,17,18)/p-1. The summed E-state index contributed by atoms with van der Waals surface area (Å²) in [4.78, 5) is -0.296.